The van der Waals surface area contributed by atoms with Crippen LogP contribution < -0.4 is 5.73 Å². The number of aromatic carboxylic acids is 1. The maximum absolute atomic E-state index is 10.7. The molecule has 3 N–H and O–H groups in total. The summed E-state index contributed by atoms with van der Waals surface area (Å²) < 4.78 is 0. The van der Waals surface area contributed by atoms with Gasteiger partial charge in [-0.15, -0.1) is 12.4 Å². The molecule has 1 rings (SSSR count). The molecule has 0 saturated carbocycles. The van der Waals surface area contributed by atoms with Crippen LogP contribution in [0.25, 0.3) is 0 Å². The van der Waals surface area contributed by atoms with E-state index in [0.29, 0.717) is 16.3 Å². The van der Waals surface area contributed by atoms with Gasteiger partial charge in [0, 0.05) is 0 Å². The molecule has 0 atom stereocenters. The number of nitrogens with zero attached hydrogens (tertiary/aromatic N) is 1. The number of hydrogen-bond acceptors (Lipinski definition) is 3. The molecule has 0 radical (unpaired) electrons. The zero-order valence-electron chi connectivity index (χ0n) is 7.67. The van der Waals surface area contributed by atoms with E-state index < -0.39 is 5.97 Å². The number of carbonyl (C=O) groups is 1. The molecule has 0 bridgehead atoms. The SMILES string of the molecule is Cc1nc(N)c(C(=O)O)c(C)c1Cl.Cl. The number of pyridine rings is 1. The van der Waals surface area contributed by atoms with Crippen molar-refractivity contribution in [1.29, 1.82) is 0 Å². The summed E-state index contributed by atoms with van der Waals surface area (Å²) in [5, 5.41) is 9.14. The fraction of sp³-hybridized carbons (Fsp3) is 0.250. The fourth-order valence-corrected chi connectivity index (χ4v) is 1.27. The first kappa shape index (κ1) is 13.0. The van der Waals surface area contributed by atoms with Crippen molar-refractivity contribution in [3.05, 3.63) is 21.8 Å². The standard InChI is InChI=1S/C8H9ClN2O2.ClH/c1-3-5(8(12)13)7(10)11-4(2)6(3)9;/h1-2H3,(H2,10,11)(H,12,13);1H. The Hall–Kier alpha value is -1.00. The second-order valence-electron chi connectivity index (χ2n) is 2.70. The summed E-state index contributed by atoms with van der Waals surface area (Å²) in [6, 6.07) is 0. The van der Waals surface area contributed by atoms with Crippen molar-refractivity contribution >= 4 is 35.8 Å². The highest BCUT2D eigenvalue weighted by Gasteiger charge is 2.16. The summed E-state index contributed by atoms with van der Waals surface area (Å²) in [5.74, 6) is -1.10. The molecular weight excluding hydrogens is 227 g/mol. The first-order chi connectivity index (χ1) is 5.95. The normalized spacial score (nSPS) is 9.36. The minimum Gasteiger partial charge on any atom is -0.478 e. The van der Waals surface area contributed by atoms with E-state index in [1.54, 1.807) is 13.8 Å². The molecule has 0 saturated heterocycles. The van der Waals surface area contributed by atoms with Crippen LogP contribution in [0.15, 0.2) is 0 Å². The van der Waals surface area contributed by atoms with E-state index in [1.165, 1.54) is 0 Å². The quantitative estimate of drug-likeness (QED) is 0.783. The van der Waals surface area contributed by atoms with Crippen molar-refractivity contribution in [2.24, 2.45) is 0 Å². The van der Waals surface area contributed by atoms with Crippen molar-refractivity contribution in [2.45, 2.75) is 13.8 Å². The van der Waals surface area contributed by atoms with Crippen LogP contribution in [0.5, 0.6) is 0 Å². The van der Waals surface area contributed by atoms with Gasteiger partial charge in [0.1, 0.15) is 11.4 Å². The summed E-state index contributed by atoms with van der Waals surface area (Å²) in [6.45, 7) is 3.29. The van der Waals surface area contributed by atoms with Crippen molar-refractivity contribution < 1.29 is 9.90 Å². The predicted molar refractivity (Wildman–Crippen MR) is 57.3 cm³/mol. The summed E-state index contributed by atoms with van der Waals surface area (Å²) in [4.78, 5) is 14.5. The lowest BCUT2D eigenvalue weighted by Crippen LogP contribution is -2.08. The molecule has 0 amide bonds. The maximum Gasteiger partial charge on any atom is 0.339 e. The molecule has 0 aromatic carbocycles. The molecule has 0 aliphatic carbocycles. The van der Waals surface area contributed by atoms with Gasteiger partial charge in [0.05, 0.1) is 10.7 Å². The molecule has 1 aromatic heterocycles. The summed E-state index contributed by atoms with van der Waals surface area (Å²) in [5.41, 5.74) is 6.42. The van der Waals surface area contributed by atoms with Gasteiger partial charge in [0.15, 0.2) is 0 Å². The van der Waals surface area contributed by atoms with Crippen LogP contribution in [0.1, 0.15) is 21.6 Å². The lowest BCUT2D eigenvalue weighted by Gasteiger charge is -2.07. The third kappa shape index (κ3) is 2.08. The van der Waals surface area contributed by atoms with Crippen LogP contribution in [0.2, 0.25) is 5.02 Å². The van der Waals surface area contributed by atoms with Gasteiger partial charge < -0.3 is 10.8 Å². The van der Waals surface area contributed by atoms with E-state index in [4.69, 9.17) is 22.4 Å². The Balaban J connectivity index is 0.00000169. The van der Waals surface area contributed by atoms with Crippen LogP contribution >= 0.6 is 24.0 Å². The van der Waals surface area contributed by atoms with Gasteiger partial charge in [-0.25, -0.2) is 9.78 Å². The van der Waals surface area contributed by atoms with Crippen molar-refractivity contribution in [3.8, 4) is 0 Å². The van der Waals surface area contributed by atoms with E-state index in [9.17, 15) is 4.79 Å². The minimum absolute atomic E-state index is 0. The molecule has 78 valence electrons. The van der Waals surface area contributed by atoms with Crippen molar-refractivity contribution in [1.82, 2.24) is 4.98 Å². The monoisotopic (exact) mass is 236 g/mol. The van der Waals surface area contributed by atoms with Gasteiger partial charge in [-0.05, 0) is 19.4 Å². The Morgan fingerprint density at radius 1 is 1.50 bits per heavy atom. The van der Waals surface area contributed by atoms with E-state index in [0.717, 1.165) is 0 Å². The van der Waals surface area contributed by atoms with Gasteiger partial charge in [-0.3, -0.25) is 0 Å². The smallest absolute Gasteiger partial charge is 0.339 e. The number of anilines is 1. The first-order valence-electron chi connectivity index (χ1n) is 3.60. The maximum atomic E-state index is 10.7. The Bertz CT molecular complexity index is 380. The minimum atomic E-state index is -1.11. The Morgan fingerprint density at radius 3 is 2.43 bits per heavy atom. The molecule has 0 unspecified atom stereocenters. The van der Waals surface area contributed by atoms with E-state index in [2.05, 4.69) is 4.98 Å². The van der Waals surface area contributed by atoms with Gasteiger partial charge >= 0.3 is 5.97 Å². The van der Waals surface area contributed by atoms with E-state index in [-0.39, 0.29) is 23.8 Å². The molecule has 0 fully saturated rings. The van der Waals surface area contributed by atoms with Crippen LogP contribution in [-0.4, -0.2) is 16.1 Å². The topological polar surface area (TPSA) is 76.2 Å². The molecule has 1 aromatic rings. The van der Waals surface area contributed by atoms with Gasteiger partial charge in [-0.1, -0.05) is 11.6 Å². The predicted octanol–water partition coefficient (Wildman–Crippen LogP) is 2.05. The number of aromatic nitrogens is 1. The number of nitrogen functional groups attached to an aromatic ring is 1. The lowest BCUT2D eigenvalue weighted by atomic mass is 10.1. The molecular formula is C8H10Cl2N2O2. The highest BCUT2D eigenvalue weighted by atomic mass is 35.5. The molecule has 1 heterocycles. The number of rotatable bonds is 1. The van der Waals surface area contributed by atoms with Crippen LogP contribution in [0.3, 0.4) is 0 Å². The fourth-order valence-electron chi connectivity index (χ4n) is 1.13. The Morgan fingerprint density at radius 2 is 2.00 bits per heavy atom. The number of hydrogen-bond donors (Lipinski definition) is 2. The zero-order valence-corrected chi connectivity index (χ0v) is 9.24. The molecule has 0 aliphatic rings. The Labute approximate surface area is 92.5 Å². The average Bonchev–Trinajstić information content (AvgIpc) is 1.99. The number of halogens is 2. The molecule has 6 heteroatoms. The summed E-state index contributed by atoms with van der Waals surface area (Å²) in [6.07, 6.45) is 0. The third-order valence-corrected chi connectivity index (χ3v) is 2.34. The highest BCUT2D eigenvalue weighted by Crippen LogP contribution is 2.25. The average molecular weight is 237 g/mol. The van der Waals surface area contributed by atoms with Crippen LogP contribution in [-0.2, 0) is 0 Å². The molecule has 0 spiro atoms. The van der Waals surface area contributed by atoms with Crippen molar-refractivity contribution in [2.75, 3.05) is 5.73 Å². The third-order valence-electron chi connectivity index (χ3n) is 1.78. The highest BCUT2D eigenvalue weighted by molar-refractivity contribution is 6.32. The van der Waals surface area contributed by atoms with Gasteiger partial charge in [0.25, 0.3) is 0 Å². The number of aryl methyl sites for hydroxylation is 1. The van der Waals surface area contributed by atoms with Crippen LogP contribution in [0, 0.1) is 13.8 Å². The lowest BCUT2D eigenvalue weighted by molar-refractivity contribution is 0.0697. The molecule has 4 nitrogen and oxygen atoms in total. The largest absolute Gasteiger partial charge is 0.478 e. The van der Waals surface area contributed by atoms with E-state index >= 15 is 0 Å². The Kier molecular flexibility index (Phi) is 4.16. The number of nitrogens with two attached hydrogens (primary N) is 1. The van der Waals surface area contributed by atoms with Crippen LogP contribution in [0.4, 0.5) is 5.82 Å². The number of carboxylic acid groups (broad SMARTS) is 1. The summed E-state index contributed by atoms with van der Waals surface area (Å²) in [7, 11) is 0. The number of carboxylic acids is 1. The van der Waals surface area contributed by atoms with Gasteiger partial charge in [0.2, 0.25) is 0 Å². The second kappa shape index (κ2) is 4.48. The zero-order chi connectivity index (χ0) is 10.2. The summed E-state index contributed by atoms with van der Waals surface area (Å²) >= 11 is 5.82. The van der Waals surface area contributed by atoms with Gasteiger partial charge in [-0.2, -0.15) is 0 Å². The first-order valence-corrected chi connectivity index (χ1v) is 3.98. The molecule has 14 heavy (non-hydrogen) atoms. The second-order valence-corrected chi connectivity index (χ2v) is 3.08. The molecule has 0 aliphatic heterocycles. The van der Waals surface area contributed by atoms with E-state index in [1.807, 2.05) is 0 Å². The van der Waals surface area contributed by atoms with Crippen molar-refractivity contribution in [3.63, 3.8) is 0 Å².